The summed E-state index contributed by atoms with van der Waals surface area (Å²) in [6.07, 6.45) is 5.21. The summed E-state index contributed by atoms with van der Waals surface area (Å²) in [4.78, 5) is 19.4. The highest BCUT2D eigenvalue weighted by atomic mass is 32.1. The third-order valence-electron chi connectivity index (χ3n) is 6.56. The molecule has 0 unspecified atom stereocenters. The molecule has 1 N–H and O–H groups in total. The lowest BCUT2D eigenvalue weighted by Crippen LogP contribution is -2.39. The molecule has 2 saturated heterocycles. The second-order valence-electron chi connectivity index (χ2n) is 9.12. The van der Waals surface area contributed by atoms with Gasteiger partial charge in [-0.1, -0.05) is 0 Å². The Morgan fingerprint density at radius 1 is 1.07 bits per heavy atom. The Bertz CT molecular complexity index is 1120. The molecule has 3 aromatic rings. The molecule has 0 amide bonds. The van der Waals surface area contributed by atoms with Crippen molar-refractivity contribution in [3.05, 3.63) is 17.5 Å². The molecule has 158 valence electrons. The van der Waals surface area contributed by atoms with Crippen LogP contribution in [0.3, 0.4) is 0 Å². The van der Waals surface area contributed by atoms with Crippen LogP contribution in [0.15, 0.2) is 6.33 Å². The fraction of sp³-hybridized carbons (Fsp3) is 0.591. The van der Waals surface area contributed by atoms with E-state index in [-0.39, 0.29) is 5.60 Å². The zero-order chi connectivity index (χ0) is 20.3. The van der Waals surface area contributed by atoms with Crippen LogP contribution in [0.4, 0.5) is 11.6 Å². The Morgan fingerprint density at radius 3 is 2.67 bits per heavy atom. The van der Waals surface area contributed by atoms with Gasteiger partial charge in [0.25, 0.3) is 0 Å². The van der Waals surface area contributed by atoms with E-state index < -0.39 is 0 Å². The highest BCUT2D eigenvalue weighted by molar-refractivity contribution is 7.26. The molecule has 3 aromatic heterocycles. The van der Waals surface area contributed by atoms with Crippen molar-refractivity contribution in [2.75, 3.05) is 49.2 Å². The van der Waals surface area contributed by atoms with Crippen LogP contribution >= 0.6 is 11.3 Å². The second-order valence-corrected chi connectivity index (χ2v) is 10.1. The fourth-order valence-corrected chi connectivity index (χ4v) is 6.21. The van der Waals surface area contributed by atoms with Crippen molar-refractivity contribution in [2.45, 2.75) is 45.3 Å². The molecule has 0 saturated carbocycles. The topological polar surface area (TPSA) is 64.9 Å². The van der Waals surface area contributed by atoms with Gasteiger partial charge in [-0.25, -0.2) is 9.97 Å². The maximum atomic E-state index is 6.24. The van der Waals surface area contributed by atoms with E-state index in [0.29, 0.717) is 6.61 Å². The molecule has 7 nitrogen and oxygen atoms in total. The number of morpholine rings is 1. The highest BCUT2D eigenvalue weighted by Crippen LogP contribution is 2.44. The number of fused-ring (bicyclic) bond motifs is 5. The summed E-state index contributed by atoms with van der Waals surface area (Å²) in [5.74, 6) is 2.28. The second kappa shape index (κ2) is 7.00. The first kappa shape index (κ1) is 18.7. The van der Waals surface area contributed by atoms with E-state index in [4.69, 9.17) is 19.4 Å². The van der Waals surface area contributed by atoms with E-state index in [1.807, 2.05) is 6.33 Å². The van der Waals surface area contributed by atoms with E-state index >= 15 is 0 Å². The number of rotatable bonds is 2. The van der Waals surface area contributed by atoms with Crippen LogP contribution in [0.1, 0.15) is 37.8 Å². The fourth-order valence-electron chi connectivity index (χ4n) is 5.02. The molecule has 8 heteroatoms. The predicted octanol–water partition coefficient (Wildman–Crippen LogP) is 2.95. The largest absolute Gasteiger partial charge is 0.375 e. The molecule has 0 bridgehead atoms. The SMILES string of the molecule is CC1(C)Cc2c(c(N3CCCC3)nc3sc4c(N5CCOCC5)[nH+]cnc4c23)CO1. The third-order valence-corrected chi connectivity index (χ3v) is 7.64. The maximum absolute atomic E-state index is 6.24. The van der Waals surface area contributed by atoms with Gasteiger partial charge >= 0.3 is 0 Å². The molecular formula is C22H28N5O2S+. The lowest BCUT2D eigenvalue weighted by atomic mass is 9.90. The summed E-state index contributed by atoms with van der Waals surface area (Å²) in [6, 6.07) is 0. The minimum atomic E-state index is -0.175. The van der Waals surface area contributed by atoms with E-state index in [0.717, 1.165) is 67.8 Å². The molecule has 6 heterocycles. The molecule has 0 aliphatic carbocycles. The van der Waals surface area contributed by atoms with E-state index in [9.17, 15) is 0 Å². The first-order valence-electron chi connectivity index (χ1n) is 11.0. The zero-order valence-corrected chi connectivity index (χ0v) is 18.5. The van der Waals surface area contributed by atoms with Gasteiger partial charge in [-0.2, -0.15) is 0 Å². The van der Waals surface area contributed by atoms with Gasteiger partial charge in [0.1, 0.15) is 15.3 Å². The molecule has 2 fully saturated rings. The van der Waals surface area contributed by atoms with Crippen molar-refractivity contribution in [2.24, 2.45) is 0 Å². The van der Waals surface area contributed by atoms with E-state index in [1.54, 1.807) is 11.3 Å². The Kier molecular flexibility index (Phi) is 4.37. The van der Waals surface area contributed by atoms with Crippen LogP contribution in [-0.4, -0.2) is 55.0 Å². The van der Waals surface area contributed by atoms with Gasteiger partial charge in [0.2, 0.25) is 12.1 Å². The van der Waals surface area contributed by atoms with Crippen LogP contribution in [0.5, 0.6) is 0 Å². The van der Waals surface area contributed by atoms with Gasteiger partial charge in [-0.15, -0.1) is 16.3 Å². The standard InChI is InChI=1S/C22H27N5O2S/c1-22(2)11-14-15(12-29-22)19(26-5-3-4-6-26)25-21-16(14)17-18(30-21)20(24-13-23-17)27-7-9-28-10-8-27/h13H,3-12H2,1-2H3/p+1. The van der Waals surface area contributed by atoms with Crippen molar-refractivity contribution >= 4 is 43.4 Å². The van der Waals surface area contributed by atoms with Crippen molar-refractivity contribution in [1.82, 2.24) is 9.97 Å². The summed E-state index contributed by atoms with van der Waals surface area (Å²) in [6.45, 7) is 10.5. The molecular weight excluding hydrogens is 398 g/mol. The monoisotopic (exact) mass is 426 g/mol. The Morgan fingerprint density at radius 2 is 1.87 bits per heavy atom. The molecule has 0 radical (unpaired) electrons. The normalized spacial score (nSPS) is 21.5. The van der Waals surface area contributed by atoms with Crippen LogP contribution in [-0.2, 0) is 22.5 Å². The van der Waals surface area contributed by atoms with E-state index in [2.05, 4.69) is 28.6 Å². The summed E-state index contributed by atoms with van der Waals surface area (Å²) in [5, 5.41) is 1.23. The number of pyridine rings is 1. The third kappa shape index (κ3) is 2.96. The van der Waals surface area contributed by atoms with Crippen molar-refractivity contribution in [3.8, 4) is 0 Å². The van der Waals surface area contributed by atoms with Gasteiger partial charge in [0, 0.05) is 25.1 Å². The summed E-state index contributed by atoms with van der Waals surface area (Å²) in [5.41, 5.74) is 3.55. The van der Waals surface area contributed by atoms with Gasteiger partial charge in [-0.3, -0.25) is 4.90 Å². The summed E-state index contributed by atoms with van der Waals surface area (Å²) >= 11 is 1.77. The molecule has 3 aliphatic heterocycles. The number of nitrogens with zero attached hydrogens (tertiary/aromatic N) is 4. The van der Waals surface area contributed by atoms with Crippen molar-refractivity contribution < 1.29 is 14.5 Å². The number of anilines is 2. The minimum absolute atomic E-state index is 0.175. The van der Waals surface area contributed by atoms with Crippen LogP contribution in [0.25, 0.3) is 20.4 Å². The van der Waals surface area contributed by atoms with Gasteiger partial charge in [-0.05, 0) is 32.3 Å². The van der Waals surface area contributed by atoms with Gasteiger partial charge in [0.15, 0.2) is 5.52 Å². The first-order valence-corrected chi connectivity index (χ1v) is 11.8. The summed E-state index contributed by atoms with van der Waals surface area (Å²) in [7, 11) is 0. The van der Waals surface area contributed by atoms with Crippen LogP contribution in [0.2, 0.25) is 0 Å². The minimum Gasteiger partial charge on any atom is -0.375 e. The lowest BCUT2D eigenvalue weighted by molar-refractivity contribution is -0.367. The predicted molar refractivity (Wildman–Crippen MR) is 119 cm³/mol. The summed E-state index contributed by atoms with van der Waals surface area (Å²) < 4.78 is 13.0. The number of aromatic amines is 1. The first-order chi connectivity index (χ1) is 14.6. The Hall–Kier alpha value is -2.03. The number of thiophene rings is 1. The average molecular weight is 427 g/mol. The molecule has 6 rings (SSSR count). The van der Waals surface area contributed by atoms with Gasteiger partial charge < -0.3 is 14.4 Å². The number of hydrogen-bond donors (Lipinski definition) is 0. The zero-order valence-electron chi connectivity index (χ0n) is 17.7. The number of hydrogen-bond acceptors (Lipinski definition) is 7. The molecule has 0 atom stereocenters. The maximum Gasteiger partial charge on any atom is 0.242 e. The van der Waals surface area contributed by atoms with Crippen molar-refractivity contribution in [3.63, 3.8) is 0 Å². The lowest BCUT2D eigenvalue weighted by Gasteiger charge is -2.34. The van der Waals surface area contributed by atoms with Gasteiger partial charge in [0.05, 0.1) is 43.9 Å². The highest BCUT2D eigenvalue weighted by Gasteiger charge is 2.34. The van der Waals surface area contributed by atoms with E-state index in [1.165, 1.54) is 34.1 Å². The number of H-pyrrole nitrogens is 1. The quantitative estimate of drug-likeness (QED) is 0.628. The molecule has 3 aliphatic rings. The van der Waals surface area contributed by atoms with Crippen LogP contribution < -0.4 is 14.8 Å². The molecule has 30 heavy (non-hydrogen) atoms. The number of aromatic nitrogens is 3. The molecule has 0 aromatic carbocycles. The Balaban J connectivity index is 1.60. The number of ether oxygens (including phenoxy) is 2. The number of nitrogens with one attached hydrogen (secondary N) is 1. The van der Waals surface area contributed by atoms with Crippen LogP contribution in [0, 0.1) is 0 Å². The smallest absolute Gasteiger partial charge is 0.242 e. The average Bonchev–Trinajstić information content (AvgIpc) is 3.40. The molecule has 0 spiro atoms. The Labute approximate surface area is 180 Å². The van der Waals surface area contributed by atoms with Crippen molar-refractivity contribution in [1.29, 1.82) is 0 Å².